The molecule has 0 radical (unpaired) electrons. The lowest BCUT2D eigenvalue weighted by atomic mass is 9.90. The maximum Gasteiger partial charge on any atom is 0.127 e. The number of carboxylic acid groups (broad SMARTS) is 1. The molecule has 0 saturated heterocycles. The highest BCUT2D eigenvalue weighted by Crippen LogP contribution is 2.59. The summed E-state index contributed by atoms with van der Waals surface area (Å²) < 4.78 is 23.7. The highest BCUT2D eigenvalue weighted by atomic mass is 16.5. The molecule has 1 heterocycles. The van der Waals surface area contributed by atoms with Gasteiger partial charge in [0.25, 0.3) is 0 Å². The lowest BCUT2D eigenvalue weighted by Gasteiger charge is -2.18. The molecular formula is C32H35O6-. The average molecular weight is 516 g/mol. The number of benzene rings is 3. The summed E-state index contributed by atoms with van der Waals surface area (Å²) in [7, 11) is 0. The van der Waals surface area contributed by atoms with Gasteiger partial charge in [0.05, 0.1) is 6.61 Å². The first-order chi connectivity index (χ1) is 18.3. The van der Waals surface area contributed by atoms with E-state index in [1.807, 2.05) is 25.1 Å². The quantitative estimate of drug-likeness (QED) is 0.317. The van der Waals surface area contributed by atoms with Gasteiger partial charge < -0.3 is 28.8 Å². The number of hydrogen-bond donors (Lipinski definition) is 0. The first-order valence-corrected chi connectivity index (χ1v) is 13.4. The Bertz CT molecular complexity index is 1320. The fourth-order valence-corrected chi connectivity index (χ4v) is 5.66. The smallest absolute Gasteiger partial charge is 0.127 e. The number of rotatable bonds is 11. The summed E-state index contributed by atoms with van der Waals surface area (Å²) in [6.07, 6.45) is 1.74. The number of carboxylic acids is 1. The molecule has 1 saturated carbocycles. The van der Waals surface area contributed by atoms with Crippen molar-refractivity contribution in [1.29, 1.82) is 0 Å². The van der Waals surface area contributed by atoms with Crippen molar-refractivity contribution in [2.24, 2.45) is 0 Å². The largest absolute Gasteiger partial charge is 0.550 e. The predicted octanol–water partition coefficient (Wildman–Crippen LogP) is 5.42. The highest BCUT2D eigenvalue weighted by Gasteiger charge is 2.57. The van der Waals surface area contributed by atoms with E-state index in [1.165, 1.54) is 16.7 Å². The fourth-order valence-electron chi connectivity index (χ4n) is 5.66. The van der Waals surface area contributed by atoms with Crippen LogP contribution in [0.25, 0.3) is 11.1 Å². The highest BCUT2D eigenvalue weighted by molar-refractivity contribution is 5.75. The standard InChI is InChI=1S/C32H36O6/c1-5-35-13-14-36-25-15-20(2)31(21(3)16-25)26-8-6-7-23(22(26)4)19-37-24-9-10-27-28(18-30(33)34)32(11-12-32)38-29(27)17-24/h6-10,15-17,28H,5,11-14,18-19H2,1-4H3,(H,33,34)/p-1. The number of aryl methyl sites for hydroxylation is 2. The van der Waals surface area contributed by atoms with E-state index in [-0.39, 0.29) is 17.9 Å². The fraction of sp³-hybridized carbons (Fsp3) is 0.406. The molecule has 0 amide bonds. The summed E-state index contributed by atoms with van der Waals surface area (Å²) in [5.74, 6) is 1.10. The number of fused-ring (bicyclic) bond motifs is 1. The van der Waals surface area contributed by atoms with Crippen LogP contribution in [0, 0.1) is 20.8 Å². The first-order valence-electron chi connectivity index (χ1n) is 13.4. The van der Waals surface area contributed by atoms with Gasteiger partial charge in [-0.05, 0) is 98.5 Å². The lowest BCUT2D eigenvalue weighted by molar-refractivity contribution is -0.306. The second-order valence-electron chi connectivity index (χ2n) is 10.4. The minimum absolute atomic E-state index is 0.0155. The van der Waals surface area contributed by atoms with E-state index in [0.29, 0.717) is 32.2 Å². The van der Waals surface area contributed by atoms with Crippen LogP contribution in [0.15, 0.2) is 48.5 Å². The molecule has 2 aliphatic rings. The van der Waals surface area contributed by atoms with Gasteiger partial charge >= 0.3 is 0 Å². The molecule has 1 spiro atoms. The molecule has 1 aliphatic carbocycles. The van der Waals surface area contributed by atoms with E-state index in [4.69, 9.17) is 18.9 Å². The summed E-state index contributed by atoms with van der Waals surface area (Å²) in [5.41, 5.74) is 7.56. The van der Waals surface area contributed by atoms with E-state index in [0.717, 1.165) is 46.6 Å². The molecule has 6 nitrogen and oxygen atoms in total. The van der Waals surface area contributed by atoms with Crippen molar-refractivity contribution in [2.75, 3.05) is 19.8 Å². The maximum atomic E-state index is 11.3. The Kier molecular flexibility index (Phi) is 7.35. The van der Waals surface area contributed by atoms with Gasteiger partial charge in [-0.25, -0.2) is 0 Å². The molecule has 3 aromatic rings. The maximum absolute atomic E-state index is 11.3. The average Bonchev–Trinajstić information content (AvgIpc) is 3.59. The molecule has 200 valence electrons. The minimum atomic E-state index is -1.04. The van der Waals surface area contributed by atoms with Crippen molar-refractivity contribution < 1.29 is 28.8 Å². The monoisotopic (exact) mass is 515 g/mol. The number of carbonyl (C=O) groups is 1. The number of carbonyl (C=O) groups excluding carboxylic acids is 1. The molecule has 1 atom stereocenters. The normalized spacial score (nSPS) is 16.7. The van der Waals surface area contributed by atoms with Crippen LogP contribution in [0.5, 0.6) is 17.2 Å². The van der Waals surface area contributed by atoms with Crippen LogP contribution in [0.3, 0.4) is 0 Å². The van der Waals surface area contributed by atoms with E-state index in [2.05, 4.69) is 51.1 Å². The van der Waals surface area contributed by atoms with Crippen molar-refractivity contribution >= 4 is 5.97 Å². The van der Waals surface area contributed by atoms with Gasteiger partial charge in [0, 0.05) is 30.1 Å². The summed E-state index contributed by atoms with van der Waals surface area (Å²) in [6.45, 7) is 10.6. The number of hydrogen-bond acceptors (Lipinski definition) is 6. The zero-order valence-corrected chi connectivity index (χ0v) is 22.6. The third-order valence-electron chi connectivity index (χ3n) is 7.74. The van der Waals surface area contributed by atoms with Crippen LogP contribution in [-0.4, -0.2) is 31.4 Å². The van der Waals surface area contributed by atoms with Crippen LogP contribution in [-0.2, 0) is 16.1 Å². The van der Waals surface area contributed by atoms with Crippen LogP contribution < -0.4 is 19.3 Å². The van der Waals surface area contributed by atoms with Crippen LogP contribution in [0.1, 0.15) is 59.9 Å². The molecule has 5 rings (SSSR count). The van der Waals surface area contributed by atoms with Crippen LogP contribution in [0.4, 0.5) is 0 Å². The molecule has 0 aromatic heterocycles. The first kappa shape index (κ1) is 26.1. The molecule has 38 heavy (non-hydrogen) atoms. The van der Waals surface area contributed by atoms with Crippen molar-refractivity contribution in [3.05, 3.63) is 76.3 Å². The Morgan fingerprint density at radius 2 is 1.76 bits per heavy atom. The van der Waals surface area contributed by atoms with Gasteiger partial charge in [0.15, 0.2) is 0 Å². The number of ether oxygens (including phenoxy) is 4. The Labute approximate surface area is 224 Å². The molecule has 3 aromatic carbocycles. The molecule has 1 aliphatic heterocycles. The summed E-state index contributed by atoms with van der Waals surface area (Å²) in [6, 6.07) is 16.2. The summed E-state index contributed by atoms with van der Waals surface area (Å²) >= 11 is 0. The van der Waals surface area contributed by atoms with Crippen LogP contribution in [0.2, 0.25) is 0 Å². The van der Waals surface area contributed by atoms with Crippen molar-refractivity contribution in [3.8, 4) is 28.4 Å². The van der Waals surface area contributed by atoms with E-state index < -0.39 is 5.97 Å². The van der Waals surface area contributed by atoms with Gasteiger partial charge in [-0.1, -0.05) is 24.3 Å². The second kappa shape index (κ2) is 10.7. The SMILES string of the molecule is CCOCCOc1cc(C)c(-c2cccc(COc3ccc4c(c3)OC3(CC3)C4CC(=O)[O-])c2C)c(C)c1. The molecule has 6 heteroatoms. The van der Waals surface area contributed by atoms with Crippen molar-refractivity contribution in [2.45, 2.75) is 65.1 Å². The van der Waals surface area contributed by atoms with Gasteiger partial charge in [-0.3, -0.25) is 0 Å². The molecular weight excluding hydrogens is 480 g/mol. The van der Waals surface area contributed by atoms with Crippen molar-refractivity contribution in [3.63, 3.8) is 0 Å². The topological polar surface area (TPSA) is 77.0 Å². The van der Waals surface area contributed by atoms with Crippen molar-refractivity contribution in [1.82, 2.24) is 0 Å². The molecule has 1 unspecified atom stereocenters. The van der Waals surface area contributed by atoms with E-state index in [1.54, 1.807) is 0 Å². The van der Waals surface area contributed by atoms with Crippen LogP contribution >= 0.6 is 0 Å². The molecule has 1 fully saturated rings. The van der Waals surface area contributed by atoms with Gasteiger partial charge in [0.2, 0.25) is 0 Å². The van der Waals surface area contributed by atoms with E-state index >= 15 is 0 Å². The Morgan fingerprint density at radius 1 is 1.00 bits per heavy atom. The zero-order valence-electron chi connectivity index (χ0n) is 22.6. The van der Waals surface area contributed by atoms with Gasteiger partial charge in [-0.15, -0.1) is 0 Å². The van der Waals surface area contributed by atoms with Gasteiger partial charge in [0.1, 0.15) is 36.1 Å². The Morgan fingerprint density at radius 3 is 2.45 bits per heavy atom. The third-order valence-corrected chi connectivity index (χ3v) is 7.74. The predicted molar refractivity (Wildman–Crippen MR) is 144 cm³/mol. The zero-order chi connectivity index (χ0) is 26.9. The lowest BCUT2D eigenvalue weighted by Crippen LogP contribution is -2.29. The Balaban J connectivity index is 1.31. The molecule has 0 bridgehead atoms. The van der Waals surface area contributed by atoms with Gasteiger partial charge in [-0.2, -0.15) is 0 Å². The summed E-state index contributed by atoms with van der Waals surface area (Å²) in [4.78, 5) is 11.3. The Hall–Kier alpha value is -3.51. The minimum Gasteiger partial charge on any atom is -0.550 e. The summed E-state index contributed by atoms with van der Waals surface area (Å²) in [5, 5.41) is 11.3. The van der Waals surface area contributed by atoms with E-state index in [9.17, 15) is 9.90 Å². The second-order valence-corrected chi connectivity index (χ2v) is 10.4. The third kappa shape index (κ3) is 5.23. The molecule has 0 N–H and O–H groups in total. The number of aliphatic carboxylic acids is 1.